The first kappa shape index (κ1) is 31.8. The van der Waals surface area contributed by atoms with Crippen LogP contribution < -0.4 is 5.32 Å². The highest BCUT2D eigenvalue weighted by Crippen LogP contribution is 2.51. The molecule has 0 fully saturated rings. The highest BCUT2D eigenvalue weighted by molar-refractivity contribution is 6.11. The lowest BCUT2D eigenvalue weighted by molar-refractivity contribution is 0.661. The summed E-state index contributed by atoms with van der Waals surface area (Å²) in [7, 11) is 0. The van der Waals surface area contributed by atoms with Gasteiger partial charge >= 0.3 is 0 Å². The van der Waals surface area contributed by atoms with E-state index in [0.29, 0.717) is 5.56 Å². The summed E-state index contributed by atoms with van der Waals surface area (Å²) in [4.78, 5) is 0. The van der Waals surface area contributed by atoms with Crippen LogP contribution in [0.4, 0.5) is 0 Å². The van der Waals surface area contributed by atoms with Crippen LogP contribution in [0.15, 0.2) is 176 Å². The smallest absolute Gasteiger partial charge is 0.0998 e. The molecule has 256 valence electrons. The lowest BCUT2D eigenvalue weighted by atomic mass is 9.82. The van der Waals surface area contributed by atoms with Crippen LogP contribution in [-0.2, 0) is 5.41 Å². The number of hydrogen-bond donors (Lipinski definition) is 1. The highest BCUT2D eigenvalue weighted by atomic mass is 15.0. The minimum atomic E-state index is -0.140. The first-order chi connectivity index (χ1) is 26.5. The van der Waals surface area contributed by atoms with Gasteiger partial charge in [-0.15, -0.1) is 0 Å². The van der Waals surface area contributed by atoms with Gasteiger partial charge in [-0.05, 0) is 110 Å². The Morgan fingerprint density at radius 2 is 1.26 bits per heavy atom. The molecule has 8 aromatic rings. The summed E-state index contributed by atoms with van der Waals surface area (Å²) in [6.45, 7) is 4.69. The predicted molar refractivity (Wildman–Crippen MR) is 223 cm³/mol. The molecule has 1 aliphatic carbocycles. The van der Waals surface area contributed by atoms with Crippen molar-refractivity contribution in [3.8, 4) is 34.0 Å². The van der Waals surface area contributed by atoms with Gasteiger partial charge in [-0.1, -0.05) is 135 Å². The second kappa shape index (κ2) is 12.4. The molecule has 3 nitrogen and oxygen atoms in total. The summed E-state index contributed by atoms with van der Waals surface area (Å²) in [5.74, 6) is 0. The fraction of sp³-hybridized carbons (Fsp3) is 0.0784. The highest BCUT2D eigenvalue weighted by Gasteiger charge is 2.36. The molecule has 0 spiro atoms. The zero-order valence-corrected chi connectivity index (χ0v) is 30.2. The number of para-hydroxylation sites is 1. The van der Waals surface area contributed by atoms with E-state index in [1.54, 1.807) is 0 Å². The van der Waals surface area contributed by atoms with E-state index in [1.807, 2.05) is 18.2 Å². The molecule has 0 radical (unpaired) electrons. The molecule has 1 N–H and O–H groups in total. The van der Waals surface area contributed by atoms with Gasteiger partial charge in [-0.25, -0.2) is 0 Å². The zero-order valence-electron chi connectivity index (χ0n) is 30.2. The van der Waals surface area contributed by atoms with Gasteiger partial charge in [-0.2, -0.15) is 5.26 Å². The van der Waals surface area contributed by atoms with E-state index in [4.69, 9.17) is 0 Å². The number of dihydropyridines is 1. The maximum absolute atomic E-state index is 10.3. The third kappa shape index (κ3) is 5.03. The summed E-state index contributed by atoms with van der Waals surface area (Å²) < 4.78 is 2.43. The number of nitriles is 1. The minimum absolute atomic E-state index is 0.100. The van der Waals surface area contributed by atoms with Gasteiger partial charge in [0.2, 0.25) is 0 Å². The van der Waals surface area contributed by atoms with Crippen LogP contribution in [0.25, 0.3) is 61.0 Å². The van der Waals surface area contributed by atoms with Crippen molar-refractivity contribution in [1.82, 2.24) is 9.88 Å². The van der Waals surface area contributed by atoms with Crippen molar-refractivity contribution in [2.24, 2.45) is 0 Å². The molecule has 3 heteroatoms. The standard InChI is InChI=1S/C51H37N3/c1-51(2)45-23-13-11-21-41(45)43-31-50-44(30-46(43)51)42-22-12-14-24-49(42)54(50)39-26-37(40-20-10-9-19-35(40)32-52)25-38(27-39)48-29-36(33-15-5-3-6-16-33)28-47(53-48)34-17-7-4-8-18-34/h3-31,48,53H,1-2H3. The second-order valence-corrected chi connectivity index (χ2v) is 14.9. The van der Waals surface area contributed by atoms with Gasteiger partial charge in [-0.3, -0.25) is 0 Å². The fourth-order valence-corrected chi connectivity index (χ4v) is 8.78. The van der Waals surface area contributed by atoms with Crippen molar-refractivity contribution in [3.63, 3.8) is 0 Å². The molecule has 1 aromatic heterocycles. The Hall–Kier alpha value is -6.89. The Bertz CT molecular complexity index is 2880. The maximum Gasteiger partial charge on any atom is 0.0998 e. The van der Waals surface area contributed by atoms with Crippen LogP contribution in [0.1, 0.15) is 53.3 Å². The number of aromatic nitrogens is 1. The van der Waals surface area contributed by atoms with E-state index in [9.17, 15) is 5.26 Å². The van der Waals surface area contributed by atoms with Gasteiger partial charge in [0, 0.05) is 27.6 Å². The Morgan fingerprint density at radius 1 is 0.574 bits per heavy atom. The van der Waals surface area contributed by atoms with Crippen molar-refractivity contribution in [2.75, 3.05) is 0 Å². The van der Waals surface area contributed by atoms with E-state index in [0.717, 1.165) is 44.7 Å². The molecule has 2 heterocycles. The third-order valence-electron chi connectivity index (χ3n) is 11.4. The van der Waals surface area contributed by atoms with Gasteiger partial charge < -0.3 is 9.88 Å². The molecular formula is C51H37N3. The molecule has 1 unspecified atom stereocenters. The number of hydrogen-bond acceptors (Lipinski definition) is 2. The molecule has 0 bridgehead atoms. The molecule has 0 saturated carbocycles. The summed E-state index contributed by atoms with van der Waals surface area (Å²) in [5.41, 5.74) is 16.8. The second-order valence-electron chi connectivity index (χ2n) is 14.9. The first-order valence-corrected chi connectivity index (χ1v) is 18.6. The topological polar surface area (TPSA) is 40.8 Å². The Labute approximate surface area is 315 Å². The van der Waals surface area contributed by atoms with Crippen LogP contribution in [0.5, 0.6) is 0 Å². The van der Waals surface area contributed by atoms with Gasteiger partial charge in [0.15, 0.2) is 0 Å². The first-order valence-electron chi connectivity index (χ1n) is 18.6. The molecule has 7 aromatic carbocycles. The van der Waals surface area contributed by atoms with E-state index < -0.39 is 0 Å². The average Bonchev–Trinajstić information content (AvgIpc) is 3.68. The summed E-state index contributed by atoms with van der Waals surface area (Å²) in [5, 5.41) is 16.7. The lowest BCUT2D eigenvalue weighted by Gasteiger charge is -2.27. The van der Waals surface area contributed by atoms with E-state index >= 15 is 0 Å². The largest absolute Gasteiger partial charge is 0.374 e. The van der Waals surface area contributed by atoms with Gasteiger partial charge in [0.1, 0.15) is 0 Å². The molecule has 1 atom stereocenters. The van der Waals surface area contributed by atoms with Gasteiger partial charge in [0.05, 0.1) is 28.7 Å². The molecule has 1 aliphatic heterocycles. The molecular weight excluding hydrogens is 655 g/mol. The van der Waals surface area contributed by atoms with Crippen molar-refractivity contribution < 1.29 is 0 Å². The Balaban J connectivity index is 1.24. The molecule has 54 heavy (non-hydrogen) atoms. The fourth-order valence-electron chi connectivity index (χ4n) is 8.78. The zero-order chi connectivity index (χ0) is 36.4. The van der Waals surface area contributed by atoms with Crippen LogP contribution >= 0.6 is 0 Å². The van der Waals surface area contributed by atoms with E-state index in [1.165, 1.54) is 44.1 Å². The predicted octanol–water partition coefficient (Wildman–Crippen LogP) is 12.4. The van der Waals surface area contributed by atoms with Crippen LogP contribution in [0.2, 0.25) is 0 Å². The van der Waals surface area contributed by atoms with Crippen molar-refractivity contribution >= 4 is 33.1 Å². The lowest BCUT2D eigenvalue weighted by Crippen LogP contribution is -2.22. The van der Waals surface area contributed by atoms with E-state index in [-0.39, 0.29) is 11.5 Å². The third-order valence-corrected chi connectivity index (χ3v) is 11.4. The number of allylic oxidation sites excluding steroid dienone is 2. The van der Waals surface area contributed by atoms with Crippen molar-refractivity contribution in [2.45, 2.75) is 25.3 Å². The summed E-state index contributed by atoms with van der Waals surface area (Å²) in [6, 6.07) is 60.7. The van der Waals surface area contributed by atoms with Crippen LogP contribution in [0, 0.1) is 11.3 Å². The van der Waals surface area contributed by atoms with E-state index in [2.05, 4.69) is 188 Å². The SMILES string of the molecule is CC1(C)c2ccccc2-c2cc3c(cc21)c1ccccc1n3-c1cc(-c2ccccc2C#N)cc(C2C=C(c3ccccc3)C=C(c3ccccc3)N2)c1. The summed E-state index contributed by atoms with van der Waals surface area (Å²) in [6.07, 6.45) is 4.59. The number of fused-ring (bicyclic) bond motifs is 6. The number of nitrogens with one attached hydrogen (secondary N) is 1. The van der Waals surface area contributed by atoms with Crippen LogP contribution in [-0.4, -0.2) is 4.57 Å². The van der Waals surface area contributed by atoms with Crippen LogP contribution in [0.3, 0.4) is 0 Å². The number of rotatable bonds is 5. The number of nitrogens with zero attached hydrogens (tertiary/aromatic N) is 2. The van der Waals surface area contributed by atoms with Gasteiger partial charge in [0.25, 0.3) is 0 Å². The molecule has 0 amide bonds. The molecule has 10 rings (SSSR count). The minimum Gasteiger partial charge on any atom is -0.374 e. The summed E-state index contributed by atoms with van der Waals surface area (Å²) >= 11 is 0. The normalized spacial score (nSPS) is 15.5. The Kier molecular flexibility index (Phi) is 7.29. The number of benzene rings is 7. The van der Waals surface area contributed by atoms with Crippen molar-refractivity contribution in [3.05, 3.63) is 209 Å². The molecule has 2 aliphatic rings. The monoisotopic (exact) mass is 691 g/mol. The molecule has 0 saturated heterocycles. The Morgan fingerprint density at radius 3 is 2.06 bits per heavy atom. The van der Waals surface area contributed by atoms with Crippen molar-refractivity contribution in [1.29, 1.82) is 5.26 Å². The quantitative estimate of drug-likeness (QED) is 0.195. The average molecular weight is 692 g/mol. The maximum atomic E-state index is 10.3.